The van der Waals surface area contributed by atoms with Crippen molar-refractivity contribution in [2.45, 2.75) is 0 Å². The molecule has 3 rings (SSSR count). The Bertz CT molecular complexity index is 695. The van der Waals surface area contributed by atoms with Gasteiger partial charge in [-0.3, -0.25) is 4.98 Å². The predicted molar refractivity (Wildman–Crippen MR) is 70.8 cm³/mol. The Morgan fingerprint density at radius 3 is 2.47 bits per heavy atom. The monoisotopic (exact) mass is 292 g/mol. The Balaban J connectivity index is 2.02. The molecular formula is C12H6Cl2N4O. The normalized spacial score (nSPS) is 10.6. The van der Waals surface area contributed by atoms with Crippen molar-refractivity contribution < 1.29 is 4.52 Å². The third kappa shape index (κ3) is 2.57. The van der Waals surface area contributed by atoms with E-state index in [0.717, 1.165) is 0 Å². The number of aromatic nitrogens is 4. The molecule has 3 aromatic rings. The fraction of sp³-hybridized carbons (Fsp3) is 0. The Morgan fingerprint density at radius 1 is 1.00 bits per heavy atom. The molecule has 5 nitrogen and oxygen atoms in total. The zero-order valence-electron chi connectivity index (χ0n) is 9.42. The molecule has 0 aliphatic rings. The molecule has 0 amide bonds. The van der Waals surface area contributed by atoms with E-state index in [4.69, 9.17) is 27.7 Å². The Hall–Kier alpha value is -1.98. The molecule has 0 saturated heterocycles. The molecule has 1 aromatic carbocycles. The molecular weight excluding hydrogens is 287 g/mol. The van der Waals surface area contributed by atoms with Crippen molar-refractivity contribution >= 4 is 23.2 Å². The van der Waals surface area contributed by atoms with Gasteiger partial charge in [0.25, 0.3) is 5.89 Å². The van der Waals surface area contributed by atoms with Gasteiger partial charge in [0, 0.05) is 28.0 Å². The van der Waals surface area contributed by atoms with E-state index >= 15 is 0 Å². The maximum Gasteiger partial charge on any atom is 0.258 e. The summed E-state index contributed by atoms with van der Waals surface area (Å²) in [6.07, 6.45) is 4.68. The summed E-state index contributed by atoms with van der Waals surface area (Å²) in [6.45, 7) is 0. The number of halogens is 2. The van der Waals surface area contributed by atoms with E-state index in [1.165, 1.54) is 0 Å². The standard InChI is InChI=1S/C12H6Cl2N4O/c13-8-3-7(4-9(14)5-8)12-17-11(18-19-12)10-6-15-1-2-16-10/h1-6H. The van der Waals surface area contributed by atoms with Gasteiger partial charge < -0.3 is 4.52 Å². The van der Waals surface area contributed by atoms with Crippen molar-refractivity contribution in [1.29, 1.82) is 0 Å². The van der Waals surface area contributed by atoms with E-state index in [1.807, 2.05) is 0 Å². The van der Waals surface area contributed by atoms with E-state index in [9.17, 15) is 0 Å². The van der Waals surface area contributed by atoms with Gasteiger partial charge in [-0.2, -0.15) is 4.98 Å². The largest absolute Gasteiger partial charge is 0.334 e. The first-order chi connectivity index (χ1) is 9.22. The minimum atomic E-state index is 0.324. The number of hydrogen-bond donors (Lipinski definition) is 0. The van der Waals surface area contributed by atoms with Crippen LogP contribution in [0.1, 0.15) is 0 Å². The lowest BCUT2D eigenvalue weighted by molar-refractivity contribution is 0.432. The third-order valence-electron chi connectivity index (χ3n) is 2.33. The van der Waals surface area contributed by atoms with Crippen LogP contribution < -0.4 is 0 Å². The first-order valence-electron chi connectivity index (χ1n) is 5.29. The first kappa shape index (κ1) is 12.1. The number of hydrogen-bond acceptors (Lipinski definition) is 5. The van der Waals surface area contributed by atoms with E-state index in [0.29, 0.717) is 33.0 Å². The van der Waals surface area contributed by atoms with Crippen molar-refractivity contribution in [2.75, 3.05) is 0 Å². The lowest BCUT2D eigenvalue weighted by Gasteiger charge is -1.96. The van der Waals surface area contributed by atoms with Crippen LogP contribution in [0.2, 0.25) is 10.0 Å². The summed E-state index contributed by atoms with van der Waals surface area (Å²) in [5.41, 5.74) is 1.19. The lowest BCUT2D eigenvalue weighted by atomic mass is 10.2. The Labute approximate surface area is 118 Å². The van der Waals surface area contributed by atoms with Gasteiger partial charge in [-0.25, -0.2) is 4.98 Å². The van der Waals surface area contributed by atoms with Gasteiger partial charge in [-0.05, 0) is 18.2 Å². The molecule has 2 heterocycles. The molecule has 19 heavy (non-hydrogen) atoms. The van der Waals surface area contributed by atoms with E-state index < -0.39 is 0 Å². The minimum absolute atomic E-state index is 0.324. The summed E-state index contributed by atoms with van der Waals surface area (Å²) in [5.74, 6) is 0.684. The van der Waals surface area contributed by atoms with Crippen LogP contribution in [0, 0.1) is 0 Å². The molecule has 0 spiro atoms. The van der Waals surface area contributed by atoms with Gasteiger partial charge in [0.05, 0.1) is 6.20 Å². The zero-order valence-corrected chi connectivity index (χ0v) is 10.9. The summed E-state index contributed by atoms with van der Waals surface area (Å²) in [5, 5.41) is 4.85. The lowest BCUT2D eigenvalue weighted by Crippen LogP contribution is -1.86. The molecule has 0 bridgehead atoms. The number of rotatable bonds is 2. The molecule has 2 aromatic heterocycles. The van der Waals surface area contributed by atoms with Crippen LogP contribution in [-0.2, 0) is 0 Å². The Morgan fingerprint density at radius 2 is 1.79 bits per heavy atom. The third-order valence-corrected chi connectivity index (χ3v) is 2.76. The van der Waals surface area contributed by atoms with Crippen LogP contribution in [0.15, 0.2) is 41.3 Å². The molecule has 7 heteroatoms. The quantitative estimate of drug-likeness (QED) is 0.723. The van der Waals surface area contributed by atoms with Crippen LogP contribution in [0.4, 0.5) is 0 Å². The maximum atomic E-state index is 5.93. The molecule has 0 atom stereocenters. The molecule has 94 valence electrons. The highest BCUT2D eigenvalue weighted by atomic mass is 35.5. The van der Waals surface area contributed by atoms with Crippen molar-refractivity contribution in [1.82, 2.24) is 20.1 Å². The average molecular weight is 293 g/mol. The summed E-state index contributed by atoms with van der Waals surface area (Å²) in [7, 11) is 0. The van der Waals surface area contributed by atoms with Crippen molar-refractivity contribution in [3.63, 3.8) is 0 Å². The molecule has 0 unspecified atom stereocenters. The van der Waals surface area contributed by atoms with E-state index in [-0.39, 0.29) is 0 Å². The molecule has 0 N–H and O–H groups in total. The first-order valence-corrected chi connectivity index (χ1v) is 6.04. The average Bonchev–Trinajstić information content (AvgIpc) is 2.88. The van der Waals surface area contributed by atoms with Crippen LogP contribution in [-0.4, -0.2) is 20.1 Å². The predicted octanol–water partition coefficient (Wildman–Crippen LogP) is 3.50. The molecule has 0 saturated carbocycles. The highest BCUT2D eigenvalue weighted by molar-refractivity contribution is 6.35. The number of benzene rings is 1. The van der Waals surface area contributed by atoms with Gasteiger partial charge in [0.15, 0.2) is 0 Å². The van der Waals surface area contributed by atoms with Gasteiger partial charge >= 0.3 is 0 Å². The molecule has 0 fully saturated rings. The summed E-state index contributed by atoms with van der Waals surface area (Å²) in [4.78, 5) is 12.3. The molecule has 0 aliphatic carbocycles. The van der Waals surface area contributed by atoms with Gasteiger partial charge in [-0.15, -0.1) is 0 Å². The SMILES string of the molecule is Clc1cc(Cl)cc(-c2nc(-c3cnccn3)no2)c1. The van der Waals surface area contributed by atoms with Gasteiger partial charge in [-0.1, -0.05) is 28.4 Å². The van der Waals surface area contributed by atoms with Crippen LogP contribution in [0.5, 0.6) is 0 Å². The molecule has 0 aliphatic heterocycles. The maximum absolute atomic E-state index is 5.93. The highest BCUT2D eigenvalue weighted by Crippen LogP contribution is 2.27. The van der Waals surface area contributed by atoms with Crippen LogP contribution >= 0.6 is 23.2 Å². The van der Waals surface area contributed by atoms with Gasteiger partial charge in [0.1, 0.15) is 5.69 Å². The van der Waals surface area contributed by atoms with E-state index in [2.05, 4.69) is 20.1 Å². The minimum Gasteiger partial charge on any atom is -0.334 e. The zero-order chi connectivity index (χ0) is 13.2. The van der Waals surface area contributed by atoms with Crippen LogP contribution in [0.3, 0.4) is 0 Å². The van der Waals surface area contributed by atoms with Crippen molar-refractivity contribution in [2.24, 2.45) is 0 Å². The van der Waals surface area contributed by atoms with E-state index in [1.54, 1.807) is 36.8 Å². The Kier molecular flexibility index (Phi) is 3.15. The fourth-order valence-electron chi connectivity index (χ4n) is 1.54. The number of nitrogens with zero attached hydrogens (tertiary/aromatic N) is 4. The highest BCUT2D eigenvalue weighted by Gasteiger charge is 2.12. The van der Waals surface area contributed by atoms with Crippen molar-refractivity contribution in [3.05, 3.63) is 46.8 Å². The van der Waals surface area contributed by atoms with Crippen molar-refractivity contribution in [3.8, 4) is 23.0 Å². The summed E-state index contributed by atoms with van der Waals surface area (Å²) >= 11 is 11.9. The summed E-state index contributed by atoms with van der Waals surface area (Å²) in [6, 6.07) is 5.02. The fourth-order valence-corrected chi connectivity index (χ4v) is 2.06. The second-order valence-electron chi connectivity index (χ2n) is 3.67. The van der Waals surface area contributed by atoms with Gasteiger partial charge in [0.2, 0.25) is 5.82 Å². The topological polar surface area (TPSA) is 64.7 Å². The summed E-state index contributed by atoms with van der Waals surface area (Å²) < 4.78 is 5.17. The smallest absolute Gasteiger partial charge is 0.258 e. The van der Waals surface area contributed by atoms with Crippen LogP contribution in [0.25, 0.3) is 23.0 Å². The molecule has 0 radical (unpaired) electrons. The second kappa shape index (κ2) is 4.95. The second-order valence-corrected chi connectivity index (χ2v) is 4.54.